The maximum atomic E-state index is 12.3. The largest absolute Gasteiger partial charge is 0.395 e. The molecule has 5 nitrogen and oxygen atoms in total. The summed E-state index contributed by atoms with van der Waals surface area (Å²) in [6.07, 6.45) is 4.49. The number of hydrogen-bond donors (Lipinski definition) is 3. The smallest absolute Gasteiger partial charge is 0.223 e. The molecule has 3 atom stereocenters. The molecule has 2 amide bonds. The molecule has 0 heterocycles. The molecule has 0 spiro atoms. The van der Waals surface area contributed by atoms with Crippen LogP contribution in [0.1, 0.15) is 66.7 Å². The van der Waals surface area contributed by atoms with Crippen molar-refractivity contribution >= 4 is 11.8 Å². The molecule has 5 heteroatoms. The second kappa shape index (κ2) is 13.2. The quantitative estimate of drug-likeness (QED) is 0.481. The van der Waals surface area contributed by atoms with E-state index in [1.54, 1.807) is 0 Å². The molecule has 0 rings (SSSR count). The van der Waals surface area contributed by atoms with Gasteiger partial charge in [-0.15, -0.1) is 0 Å². The number of hydrogen-bond acceptors (Lipinski definition) is 3. The molecule has 0 saturated heterocycles. The third-order valence-corrected chi connectivity index (χ3v) is 4.67. The van der Waals surface area contributed by atoms with Gasteiger partial charge in [0.2, 0.25) is 11.8 Å². The number of amides is 2. The highest BCUT2D eigenvalue weighted by Crippen LogP contribution is 2.21. The molecule has 0 aliphatic heterocycles. The van der Waals surface area contributed by atoms with Crippen LogP contribution in [0.15, 0.2) is 0 Å². The van der Waals surface area contributed by atoms with Gasteiger partial charge in [-0.2, -0.15) is 0 Å². The van der Waals surface area contributed by atoms with Crippen LogP contribution in [-0.4, -0.2) is 36.6 Å². The summed E-state index contributed by atoms with van der Waals surface area (Å²) in [4.78, 5) is 24.5. The van der Waals surface area contributed by atoms with E-state index in [2.05, 4.69) is 45.3 Å². The van der Waals surface area contributed by atoms with Crippen LogP contribution in [0.2, 0.25) is 0 Å². The summed E-state index contributed by atoms with van der Waals surface area (Å²) in [5, 5.41) is 14.7. The van der Waals surface area contributed by atoms with Crippen LogP contribution in [0.25, 0.3) is 0 Å². The molecule has 0 saturated carbocycles. The molecule has 0 bridgehead atoms. The van der Waals surface area contributed by atoms with Crippen LogP contribution in [0.5, 0.6) is 0 Å². The summed E-state index contributed by atoms with van der Waals surface area (Å²) in [5.74, 6) is 0.707. The van der Waals surface area contributed by atoms with Gasteiger partial charge in [-0.05, 0) is 31.1 Å². The molecular weight excluding hydrogens is 304 g/mol. The lowest BCUT2D eigenvalue weighted by atomic mass is 9.86. The molecule has 0 aromatic carbocycles. The summed E-state index contributed by atoms with van der Waals surface area (Å²) in [6.45, 7) is 11.3. The van der Waals surface area contributed by atoms with Crippen molar-refractivity contribution in [2.45, 2.75) is 66.7 Å². The summed E-state index contributed by atoms with van der Waals surface area (Å²) in [5.41, 5.74) is 0. The van der Waals surface area contributed by atoms with E-state index in [9.17, 15) is 9.59 Å². The van der Waals surface area contributed by atoms with E-state index in [0.29, 0.717) is 19.0 Å². The number of aliphatic hydroxyl groups excluding tert-OH is 1. The zero-order valence-corrected chi connectivity index (χ0v) is 16.2. The van der Waals surface area contributed by atoms with Gasteiger partial charge in [0.05, 0.1) is 6.61 Å². The predicted octanol–water partition coefficient (Wildman–Crippen LogP) is 2.73. The minimum absolute atomic E-state index is 0.00997. The lowest BCUT2D eigenvalue weighted by Gasteiger charge is -2.24. The normalized spacial score (nSPS) is 15.0. The Balaban J connectivity index is 4.43. The highest BCUT2D eigenvalue weighted by molar-refractivity contribution is 5.79. The summed E-state index contributed by atoms with van der Waals surface area (Å²) in [7, 11) is 0. The topological polar surface area (TPSA) is 78.4 Å². The Morgan fingerprint density at radius 2 is 1.33 bits per heavy atom. The average molecular weight is 343 g/mol. The first-order chi connectivity index (χ1) is 11.4. The van der Waals surface area contributed by atoms with Crippen molar-refractivity contribution in [2.24, 2.45) is 23.7 Å². The van der Waals surface area contributed by atoms with Crippen molar-refractivity contribution in [1.82, 2.24) is 10.6 Å². The van der Waals surface area contributed by atoms with Crippen molar-refractivity contribution in [3.05, 3.63) is 0 Å². The molecule has 3 unspecified atom stereocenters. The first kappa shape index (κ1) is 22.9. The number of carbonyl (C=O) groups excluding carboxylic acids is 2. The van der Waals surface area contributed by atoms with Crippen molar-refractivity contribution in [3.63, 3.8) is 0 Å². The van der Waals surface area contributed by atoms with E-state index in [-0.39, 0.29) is 36.2 Å². The second-order valence-corrected chi connectivity index (χ2v) is 7.11. The van der Waals surface area contributed by atoms with Crippen LogP contribution in [0, 0.1) is 23.7 Å². The van der Waals surface area contributed by atoms with E-state index < -0.39 is 0 Å². The van der Waals surface area contributed by atoms with Gasteiger partial charge in [-0.1, -0.05) is 47.5 Å². The number of nitrogens with one attached hydrogen (secondary N) is 2. The maximum Gasteiger partial charge on any atom is 0.223 e. The third kappa shape index (κ3) is 8.67. The molecule has 0 aliphatic carbocycles. The van der Waals surface area contributed by atoms with Crippen molar-refractivity contribution in [2.75, 3.05) is 19.7 Å². The van der Waals surface area contributed by atoms with E-state index >= 15 is 0 Å². The van der Waals surface area contributed by atoms with Crippen LogP contribution in [-0.2, 0) is 9.59 Å². The lowest BCUT2D eigenvalue weighted by molar-refractivity contribution is -0.127. The highest BCUT2D eigenvalue weighted by Gasteiger charge is 2.25. The van der Waals surface area contributed by atoms with Gasteiger partial charge in [0, 0.05) is 24.9 Å². The van der Waals surface area contributed by atoms with Crippen LogP contribution >= 0.6 is 0 Å². The van der Waals surface area contributed by atoms with Gasteiger partial charge in [0.25, 0.3) is 0 Å². The molecule has 0 radical (unpaired) electrons. The minimum atomic E-state index is -0.0602. The lowest BCUT2D eigenvalue weighted by Crippen LogP contribution is -2.38. The first-order valence-corrected chi connectivity index (χ1v) is 9.55. The summed E-state index contributed by atoms with van der Waals surface area (Å²) >= 11 is 0. The molecular formula is C19H38N2O3. The van der Waals surface area contributed by atoms with Crippen LogP contribution in [0.3, 0.4) is 0 Å². The molecule has 3 N–H and O–H groups in total. The van der Waals surface area contributed by atoms with Crippen molar-refractivity contribution < 1.29 is 14.7 Å². The van der Waals surface area contributed by atoms with Gasteiger partial charge in [-0.3, -0.25) is 9.59 Å². The number of carbonyl (C=O) groups is 2. The van der Waals surface area contributed by atoms with Gasteiger partial charge in [0.15, 0.2) is 0 Å². The van der Waals surface area contributed by atoms with Gasteiger partial charge < -0.3 is 15.7 Å². The van der Waals surface area contributed by atoms with Gasteiger partial charge in [-0.25, -0.2) is 0 Å². The predicted molar refractivity (Wildman–Crippen MR) is 98.5 cm³/mol. The fraction of sp³-hybridized carbons (Fsp3) is 0.895. The summed E-state index contributed by atoms with van der Waals surface area (Å²) < 4.78 is 0. The Morgan fingerprint density at radius 1 is 0.833 bits per heavy atom. The van der Waals surface area contributed by atoms with Crippen molar-refractivity contribution in [1.29, 1.82) is 0 Å². The maximum absolute atomic E-state index is 12.3. The summed E-state index contributed by atoms with van der Waals surface area (Å²) in [6, 6.07) is 0. The zero-order chi connectivity index (χ0) is 18.5. The van der Waals surface area contributed by atoms with E-state index in [1.165, 1.54) is 0 Å². The molecule has 0 fully saturated rings. The fourth-order valence-corrected chi connectivity index (χ4v) is 3.13. The van der Waals surface area contributed by atoms with Gasteiger partial charge in [0.1, 0.15) is 0 Å². The van der Waals surface area contributed by atoms with E-state index in [0.717, 1.165) is 32.1 Å². The molecule has 142 valence electrons. The Labute approximate surface area is 148 Å². The molecule has 0 aromatic heterocycles. The Hall–Kier alpha value is -1.10. The SMILES string of the molecule is CCCC(C(=O)NCCC(C)C(CCC)C(=O)NCCO)C(C)C. The third-order valence-electron chi connectivity index (χ3n) is 4.67. The second-order valence-electron chi connectivity index (χ2n) is 7.11. The van der Waals surface area contributed by atoms with Crippen LogP contribution in [0.4, 0.5) is 0 Å². The van der Waals surface area contributed by atoms with E-state index in [4.69, 9.17) is 5.11 Å². The number of rotatable bonds is 13. The Kier molecular flexibility index (Phi) is 12.6. The monoisotopic (exact) mass is 342 g/mol. The van der Waals surface area contributed by atoms with E-state index in [1.807, 2.05) is 0 Å². The van der Waals surface area contributed by atoms with Gasteiger partial charge >= 0.3 is 0 Å². The Morgan fingerprint density at radius 3 is 1.83 bits per heavy atom. The molecule has 24 heavy (non-hydrogen) atoms. The van der Waals surface area contributed by atoms with Crippen molar-refractivity contribution in [3.8, 4) is 0 Å². The molecule has 0 aromatic rings. The molecule has 0 aliphatic rings. The number of aliphatic hydroxyl groups is 1. The standard InChI is InChI=1S/C19H38N2O3/c1-6-8-16(14(3)4)18(23)20-11-10-15(5)17(9-7-2)19(24)21-12-13-22/h14-17,22H,6-13H2,1-5H3,(H,20,23)(H,21,24). The van der Waals surface area contributed by atoms with Crippen LogP contribution < -0.4 is 10.6 Å². The highest BCUT2D eigenvalue weighted by atomic mass is 16.3. The first-order valence-electron chi connectivity index (χ1n) is 9.55. The minimum Gasteiger partial charge on any atom is -0.395 e. The zero-order valence-electron chi connectivity index (χ0n) is 16.2. The fourth-order valence-electron chi connectivity index (χ4n) is 3.13. The Bertz CT molecular complexity index is 359. The average Bonchev–Trinajstić information content (AvgIpc) is 2.54.